The average Bonchev–Trinajstić information content (AvgIpc) is 2.20. The highest BCUT2D eigenvalue weighted by atomic mass is 127. The standard InChI is InChI=1S/C9H10IN3O2/c1-2-15-8(14)4-3-7-6(11)5-12-9(10)13-7/h3-5H,2,11H2,1H3/b4-3+. The Bertz CT molecular complexity index is 393. The Morgan fingerprint density at radius 2 is 2.47 bits per heavy atom. The molecule has 0 aliphatic carbocycles. The molecule has 1 aromatic heterocycles. The molecule has 2 N–H and O–H groups in total. The first-order valence-electron chi connectivity index (χ1n) is 4.26. The van der Waals surface area contributed by atoms with Crippen molar-refractivity contribution >= 4 is 40.3 Å². The predicted octanol–water partition coefficient (Wildman–Crippen LogP) is 1.24. The maximum Gasteiger partial charge on any atom is 0.330 e. The van der Waals surface area contributed by atoms with E-state index >= 15 is 0 Å². The number of nitrogen functional groups attached to an aromatic ring is 1. The van der Waals surface area contributed by atoms with Gasteiger partial charge in [-0.1, -0.05) is 0 Å². The average molecular weight is 319 g/mol. The van der Waals surface area contributed by atoms with Gasteiger partial charge in [-0.05, 0) is 13.0 Å². The van der Waals surface area contributed by atoms with Gasteiger partial charge in [0.05, 0.1) is 24.2 Å². The number of anilines is 1. The third-order valence-corrected chi connectivity index (χ3v) is 2.00. The van der Waals surface area contributed by atoms with Crippen molar-refractivity contribution < 1.29 is 9.53 Å². The van der Waals surface area contributed by atoms with Gasteiger partial charge in [0.2, 0.25) is 0 Å². The monoisotopic (exact) mass is 319 g/mol. The maximum absolute atomic E-state index is 11.0. The minimum atomic E-state index is -0.412. The molecule has 0 bridgehead atoms. The first kappa shape index (κ1) is 11.9. The zero-order valence-electron chi connectivity index (χ0n) is 8.11. The van der Waals surface area contributed by atoms with Crippen molar-refractivity contribution in [3.63, 3.8) is 0 Å². The maximum atomic E-state index is 11.0. The van der Waals surface area contributed by atoms with Gasteiger partial charge in [-0.2, -0.15) is 0 Å². The molecule has 1 rings (SSSR count). The number of halogens is 1. The Balaban J connectivity index is 2.79. The third-order valence-electron chi connectivity index (χ3n) is 1.48. The molecule has 0 fully saturated rings. The number of rotatable bonds is 3. The molecule has 0 spiro atoms. The van der Waals surface area contributed by atoms with Crippen molar-refractivity contribution in [2.24, 2.45) is 0 Å². The number of nitrogens with zero attached hydrogens (tertiary/aromatic N) is 2. The minimum absolute atomic E-state index is 0.347. The van der Waals surface area contributed by atoms with E-state index in [0.29, 0.717) is 21.8 Å². The van der Waals surface area contributed by atoms with Crippen molar-refractivity contribution in [3.05, 3.63) is 21.8 Å². The summed E-state index contributed by atoms with van der Waals surface area (Å²) in [6.45, 7) is 2.09. The lowest BCUT2D eigenvalue weighted by Gasteiger charge is -1.99. The molecule has 0 atom stereocenters. The fraction of sp³-hybridized carbons (Fsp3) is 0.222. The molecule has 0 amide bonds. The van der Waals surface area contributed by atoms with E-state index in [1.807, 2.05) is 22.6 Å². The fourth-order valence-corrected chi connectivity index (χ4v) is 1.25. The summed E-state index contributed by atoms with van der Waals surface area (Å²) in [6, 6.07) is 0. The Kier molecular flexibility index (Phi) is 4.47. The van der Waals surface area contributed by atoms with E-state index in [-0.39, 0.29) is 0 Å². The number of carbonyl (C=O) groups is 1. The quantitative estimate of drug-likeness (QED) is 0.392. The smallest absolute Gasteiger partial charge is 0.330 e. The van der Waals surface area contributed by atoms with E-state index in [1.54, 1.807) is 6.92 Å². The van der Waals surface area contributed by atoms with Crippen LogP contribution in [0.4, 0.5) is 5.69 Å². The summed E-state index contributed by atoms with van der Waals surface area (Å²) in [5.41, 5.74) is 6.56. The van der Waals surface area contributed by atoms with Crippen LogP contribution in [0.1, 0.15) is 12.6 Å². The van der Waals surface area contributed by atoms with Gasteiger partial charge in [0.15, 0.2) is 3.83 Å². The van der Waals surface area contributed by atoms with Crippen molar-refractivity contribution in [1.82, 2.24) is 9.97 Å². The molecular weight excluding hydrogens is 309 g/mol. The fourth-order valence-electron chi connectivity index (χ4n) is 0.853. The molecule has 0 aromatic carbocycles. The van der Waals surface area contributed by atoms with Crippen LogP contribution in [0.2, 0.25) is 0 Å². The summed E-state index contributed by atoms with van der Waals surface area (Å²) in [5.74, 6) is -0.412. The van der Waals surface area contributed by atoms with Gasteiger partial charge in [0, 0.05) is 28.7 Å². The van der Waals surface area contributed by atoms with Gasteiger partial charge in [0.1, 0.15) is 0 Å². The van der Waals surface area contributed by atoms with Gasteiger partial charge >= 0.3 is 5.97 Å². The number of hydrogen-bond donors (Lipinski definition) is 1. The van der Waals surface area contributed by atoms with E-state index in [1.165, 1.54) is 18.3 Å². The molecule has 80 valence electrons. The largest absolute Gasteiger partial charge is 0.463 e. The topological polar surface area (TPSA) is 78.1 Å². The summed E-state index contributed by atoms with van der Waals surface area (Å²) in [5, 5.41) is 0. The molecule has 0 saturated carbocycles. The van der Waals surface area contributed by atoms with Crippen LogP contribution in [0.25, 0.3) is 6.08 Å². The second kappa shape index (κ2) is 5.64. The van der Waals surface area contributed by atoms with Gasteiger partial charge in [-0.25, -0.2) is 14.8 Å². The summed E-state index contributed by atoms with van der Waals surface area (Å²) >= 11 is 1.97. The summed E-state index contributed by atoms with van der Waals surface area (Å²) in [7, 11) is 0. The lowest BCUT2D eigenvalue weighted by atomic mass is 10.3. The molecule has 0 saturated heterocycles. The van der Waals surface area contributed by atoms with Gasteiger partial charge in [0.25, 0.3) is 0 Å². The number of esters is 1. The second-order valence-corrected chi connectivity index (χ2v) is 3.53. The molecule has 0 unspecified atom stereocenters. The van der Waals surface area contributed by atoms with E-state index in [4.69, 9.17) is 10.5 Å². The van der Waals surface area contributed by atoms with Gasteiger partial charge < -0.3 is 10.5 Å². The highest BCUT2D eigenvalue weighted by molar-refractivity contribution is 14.1. The molecule has 5 nitrogen and oxygen atoms in total. The molecule has 6 heteroatoms. The van der Waals surface area contributed by atoms with Crippen LogP contribution >= 0.6 is 22.6 Å². The summed E-state index contributed by atoms with van der Waals surface area (Å²) in [6.07, 6.45) is 4.30. The highest BCUT2D eigenvalue weighted by Gasteiger charge is 2.00. The zero-order chi connectivity index (χ0) is 11.3. The van der Waals surface area contributed by atoms with E-state index in [9.17, 15) is 4.79 Å². The van der Waals surface area contributed by atoms with Crippen molar-refractivity contribution in [3.8, 4) is 0 Å². The predicted molar refractivity (Wildman–Crippen MR) is 64.8 cm³/mol. The van der Waals surface area contributed by atoms with Crippen LogP contribution in [0.3, 0.4) is 0 Å². The number of carbonyl (C=O) groups excluding carboxylic acids is 1. The summed E-state index contributed by atoms with van der Waals surface area (Å²) in [4.78, 5) is 19.0. The minimum Gasteiger partial charge on any atom is -0.463 e. The first-order valence-corrected chi connectivity index (χ1v) is 5.34. The molecule has 1 aromatic rings. The van der Waals surface area contributed by atoms with Crippen LogP contribution in [-0.4, -0.2) is 22.5 Å². The first-order chi connectivity index (χ1) is 7.13. The lowest BCUT2D eigenvalue weighted by molar-refractivity contribution is -0.137. The SMILES string of the molecule is CCOC(=O)/C=C/c1nc(I)ncc1N. The van der Waals surface area contributed by atoms with E-state index < -0.39 is 5.97 Å². The van der Waals surface area contributed by atoms with Crippen molar-refractivity contribution in [1.29, 1.82) is 0 Å². The molecule has 0 aliphatic rings. The Morgan fingerprint density at radius 3 is 3.13 bits per heavy atom. The van der Waals surface area contributed by atoms with E-state index in [2.05, 4.69) is 9.97 Å². The second-order valence-electron chi connectivity index (χ2n) is 2.56. The number of hydrogen-bond acceptors (Lipinski definition) is 5. The Hall–Kier alpha value is -1.18. The molecular formula is C9H10IN3O2. The van der Waals surface area contributed by atoms with Crippen molar-refractivity contribution in [2.45, 2.75) is 6.92 Å². The molecule has 0 aliphatic heterocycles. The number of nitrogens with two attached hydrogens (primary N) is 1. The van der Waals surface area contributed by atoms with Crippen LogP contribution in [0.15, 0.2) is 12.3 Å². The van der Waals surface area contributed by atoms with Crippen LogP contribution in [0.5, 0.6) is 0 Å². The van der Waals surface area contributed by atoms with E-state index in [0.717, 1.165) is 0 Å². The summed E-state index contributed by atoms with van der Waals surface area (Å²) < 4.78 is 5.30. The Morgan fingerprint density at radius 1 is 1.73 bits per heavy atom. The number of ether oxygens (including phenoxy) is 1. The van der Waals surface area contributed by atoms with Crippen LogP contribution in [0, 0.1) is 3.83 Å². The van der Waals surface area contributed by atoms with Crippen LogP contribution < -0.4 is 5.73 Å². The molecule has 1 heterocycles. The van der Waals surface area contributed by atoms with Gasteiger partial charge in [-0.15, -0.1) is 0 Å². The highest BCUT2D eigenvalue weighted by Crippen LogP contribution is 2.10. The zero-order valence-corrected chi connectivity index (χ0v) is 10.3. The van der Waals surface area contributed by atoms with Crippen molar-refractivity contribution in [2.75, 3.05) is 12.3 Å². The van der Waals surface area contributed by atoms with Gasteiger partial charge in [-0.3, -0.25) is 0 Å². The molecule has 15 heavy (non-hydrogen) atoms. The number of aromatic nitrogens is 2. The third kappa shape index (κ3) is 3.82. The normalized spacial score (nSPS) is 10.5. The lowest BCUT2D eigenvalue weighted by Crippen LogP contribution is -2.01. The molecule has 0 radical (unpaired) electrons. The Labute approximate surface area is 101 Å². The van der Waals surface area contributed by atoms with Crippen LogP contribution in [-0.2, 0) is 9.53 Å².